The van der Waals surface area contributed by atoms with Crippen molar-refractivity contribution < 1.29 is 15.0 Å². The van der Waals surface area contributed by atoms with E-state index >= 15 is 0 Å². The molecule has 252 valence electrons. The van der Waals surface area contributed by atoms with Crippen LogP contribution in [-0.4, -0.2) is 22.3 Å². The van der Waals surface area contributed by atoms with Crippen molar-refractivity contribution in [2.45, 2.75) is 157 Å². The molecule has 5 aliphatic carbocycles. The number of hydrogen-bond donors (Lipinski definition) is 2. The number of allylic oxidation sites excluding steroid dienone is 8. The van der Waals surface area contributed by atoms with Crippen molar-refractivity contribution in [1.82, 2.24) is 0 Å². The summed E-state index contributed by atoms with van der Waals surface area (Å²) in [6.45, 7) is 17.8. The van der Waals surface area contributed by atoms with E-state index in [1.165, 1.54) is 57.8 Å². The van der Waals surface area contributed by atoms with E-state index < -0.39 is 5.97 Å². The van der Waals surface area contributed by atoms with Crippen LogP contribution < -0.4 is 0 Å². The first-order valence-electron chi connectivity index (χ1n) is 18.7. The number of rotatable bonds is 10. The van der Waals surface area contributed by atoms with Gasteiger partial charge in [-0.3, -0.25) is 4.79 Å². The Morgan fingerprint density at radius 1 is 0.778 bits per heavy atom. The molecule has 2 N–H and O–H groups in total. The minimum atomic E-state index is -0.724. The fourth-order valence-electron chi connectivity index (χ4n) is 12.0. The van der Waals surface area contributed by atoms with Crippen molar-refractivity contribution >= 4 is 5.97 Å². The lowest BCUT2D eigenvalue weighted by Crippen LogP contribution is -2.64. The molecule has 0 aromatic carbocycles. The molecule has 5 aliphatic rings. The molecule has 0 heterocycles. The van der Waals surface area contributed by atoms with E-state index in [9.17, 15) is 9.90 Å². The molecule has 4 saturated carbocycles. The predicted molar refractivity (Wildman–Crippen MR) is 188 cm³/mol. The van der Waals surface area contributed by atoms with Crippen molar-refractivity contribution in [1.29, 1.82) is 0 Å². The van der Waals surface area contributed by atoms with Crippen molar-refractivity contribution in [3.8, 4) is 0 Å². The Kier molecular flexibility index (Phi) is 9.86. The maximum absolute atomic E-state index is 11.0. The van der Waals surface area contributed by atoms with Crippen molar-refractivity contribution in [3.63, 3.8) is 0 Å². The number of carboxylic acids is 1. The Balaban J connectivity index is 1.30. The number of aliphatic carboxylic acids is 1. The molecule has 3 nitrogen and oxygen atoms in total. The Morgan fingerprint density at radius 2 is 1.40 bits per heavy atom. The maximum atomic E-state index is 11.0. The molecular formula is C42H66O3. The smallest absolute Gasteiger partial charge is 0.303 e. The molecule has 0 amide bonds. The van der Waals surface area contributed by atoms with Gasteiger partial charge in [0.2, 0.25) is 0 Å². The quantitative estimate of drug-likeness (QED) is 0.189. The molecule has 45 heavy (non-hydrogen) atoms. The molecule has 0 aliphatic heterocycles. The first kappa shape index (κ1) is 34.7. The third-order valence-corrected chi connectivity index (χ3v) is 15.0. The summed E-state index contributed by atoms with van der Waals surface area (Å²) in [4.78, 5) is 10.6. The zero-order chi connectivity index (χ0) is 32.7. The van der Waals surface area contributed by atoms with Gasteiger partial charge in [0.1, 0.15) is 0 Å². The monoisotopic (exact) mass is 619 g/mol. The summed E-state index contributed by atoms with van der Waals surface area (Å²) < 4.78 is 0. The van der Waals surface area contributed by atoms with Gasteiger partial charge in [0.05, 0.1) is 6.10 Å². The lowest BCUT2D eigenvalue weighted by molar-refractivity contribution is -0.202. The first-order valence-corrected chi connectivity index (χ1v) is 18.7. The summed E-state index contributed by atoms with van der Waals surface area (Å²) in [5.41, 5.74) is 3.46. The van der Waals surface area contributed by atoms with Crippen LogP contribution >= 0.6 is 0 Å². The molecule has 3 heteroatoms. The summed E-state index contributed by atoms with van der Waals surface area (Å²) in [6.07, 6.45) is 34.2. The van der Waals surface area contributed by atoms with Crippen LogP contribution in [0.3, 0.4) is 0 Å². The third-order valence-electron chi connectivity index (χ3n) is 15.0. The van der Waals surface area contributed by atoms with E-state index in [-0.39, 0.29) is 23.4 Å². The van der Waals surface area contributed by atoms with E-state index in [4.69, 9.17) is 5.11 Å². The summed E-state index contributed by atoms with van der Waals surface area (Å²) in [6, 6.07) is 0. The highest BCUT2D eigenvalue weighted by Crippen LogP contribution is 2.75. The highest BCUT2D eigenvalue weighted by Gasteiger charge is 2.68. The van der Waals surface area contributed by atoms with Gasteiger partial charge < -0.3 is 10.2 Å². The second-order valence-corrected chi connectivity index (χ2v) is 18.3. The molecule has 3 unspecified atom stereocenters. The van der Waals surface area contributed by atoms with E-state index in [0.717, 1.165) is 32.1 Å². The van der Waals surface area contributed by atoms with E-state index in [2.05, 4.69) is 84.9 Å². The molecule has 0 bridgehead atoms. The summed E-state index contributed by atoms with van der Waals surface area (Å²) in [5.74, 6) is 1.25. The number of fused-ring (bicyclic) bond motifs is 7. The number of hydrogen-bond acceptors (Lipinski definition) is 2. The van der Waals surface area contributed by atoms with Crippen molar-refractivity contribution in [2.75, 3.05) is 0 Å². The second-order valence-electron chi connectivity index (χ2n) is 18.3. The standard InChI is InChI=1S/C42H66O3/c1-37(2)26-28-42(23-17-15-13-11-9-8-10-12-14-16-18-36(44)45)29-27-40(6)31(32(42)30-37)19-20-34-39(5)24-22-35(43)38(3,4)33(39)21-25-41(34,40)7/h9,11-12,14,17,19,23,32-35,43H,8,10,13,15-16,18,20-22,24-30H2,1-7H3,(H,44,45)/b11-9+,14-12+,23-17+/t32?,33?,34?,35-,39-,40+,41+,42+/m0/s1. The van der Waals surface area contributed by atoms with Crippen LogP contribution in [0, 0.1) is 50.2 Å². The Morgan fingerprint density at radius 3 is 2.07 bits per heavy atom. The Hall–Kier alpha value is -1.61. The molecule has 0 spiro atoms. The Bertz CT molecular complexity index is 1200. The second kappa shape index (κ2) is 12.8. The van der Waals surface area contributed by atoms with Gasteiger partial charge in [-0.25, -0.2) is 0 Å². The van der Waals surface area contributed by atoms with Crippen molar-refractivity contribution in [3.05, 3.63) is 48.1 Å². The van der Waals surface area contributed by atoms with Gasteiger partial charge in [0.15, 0.2) is 0 Å². The Labute approximate surface area is 276 Å². The van der Waals surface area contributed by atoms with Crippen LogP contribution in [-0.2, 0) is 4.79 Å². The number of unbranched alkanes of at least 4 members (excludes halogenated alkanes) is 2. The molecule has 0 radical (unpaired) electrons. The number of carboxylic acid groups (broad SMARTS) is 1. The largest absolute Gasteiger partial charge is 0.481 e. The zero-order valence-corrected chi connectivity index (χ0v) is 30.0. The fourth-order valence-corrected chi connectivity index (χ4v) is 12.0. The minimum absolute atomic E-state index is 0.00862. The average molecular weight is 619 g/mol. The number of carbonyl (C=O) groups is 1. The predicted octanol–water partition coefficient (Wildman–Crippen LogP) is 11.2. The number of aliphatic hydroxyl groups is 1. The van der Waals surface area contributed by atoms with Crippen LogP contribution in [0.25, 0.3) is 0 Å². The van der Waals surface area contributed by atoms with Crippen molar-refractivity contribution in [2.24, 2.45) is 50.2 Å². The average Bonchev–Trinajstić information content (AvgIpc) is 2.96. The van der Waals surface area contributed by atoms with Crippen LogP contribution in [0.15, 0.2) is 48.1 Å². The maximum Gasteiger partial charge on any atom is 0.303 e. The lowest BCUT2D eigenvalue weighted by atomic mass is 9.33. The SMILES string of the molecule is CC1(C)CC[C@]2(/C=C/CC/C=C/CC/C=C/CCC(=O)O)CC[C@]3(C)C(=CCC4[C@@]5(C)CC[C@H](O)C(C)(C)C5CC[C@]43C)C2C1. The van der Waals surface area contributed by atoms with Crippen LogP contribution in [0.1, 0.15) is 151 Å². The molecule has 0 aromatic heterocycles. The molecule has 4 fully saturated rings. The van der Waals surface area contributed by atoms with E-state index in [1.807, 2.05) is 11.6 Å². The molecular weight excluding hydrogens is 552 g/mol. The van der Waals surface area contributed by atoms with E-state index in [0.29, 0.717) is 45.8 Å². The van der Waals surface area contributed by atoms with Crippen LogP contribution in [0.2, 0.25) is 0 Å². The normalized spacial score (nSPS) is 42.2. The highest BCUT2D eigenvalue weighted by molar-refractivity contribution is 5.66. The van der Waals surface area contributed by atoms with Gasteiger partial charge in [-0.1, -0.05) is 96.6 Å². The molecule has 8 atom stereocenters. The van der Waals surface area contributed by atoms with Gasteiger partial charge in [0.25, 0.3) is 0 Å². The summed E-state index contributed by atoms with van der Waals surface area (Å²) in [7, 11) is 0. The first-order chi connectivity index (χ1) is 21.1. The van der Waals surface area contributed by atoms with Crippen LogP contribution in [0.5, 0.6) is 0 Å². The van der Waals surface area contributed by atoms with Gasteiger partial charge >= 0.3 is 5.97 Å². The topological polar surface area (TPSA) is 57.5 Å². The summed E-state index contributed by atoms with van der Waals surface area (Å²) in [5, 5.41) is 19.8. The third kappa shape index (κ3) is 6.23. The fraction of sp³-hybridized carbons (Fsp3) is 0.786. The molecule has 5 rings (SSSR count). The lowest BCUT2D eigenvalue weighted by Gasteiger charge is -2.71. The van der Waals surface area contributed by atoms with Gasteiger partial charge in [-0.15, -0.1) is 0 Å². The highest BCUT2D eigenvalue weighted by atomic mass is 16.4. The molecule has 0 saturated heterocycles. The van der Waals surface area contributed by atoms with Gasteiger partial charge in [0, 0.05) is 6.42 Å². The van der Waals surface area contributed by atoms with Gasteiger partial charge in [-0.05, 0) is 147 Å². The molecule has 0 aromatic rings. The minimum Gasteiger partial charge on any atom is -0.481 e. The zero-order valence-electron chi connectivity index (χ0n) is 30.0. The number of aliphatic hydroxyl groups excluding tert-OH is 1. The van der Waals surface area contributed by atoms with E-state index in [1.54, 1.807) is 0 Å². The summed E-state index contributed by atoms with van der Waals surface area (Å²) >= 11 is 0. The van der Waals surface area contributed by atoms with Crippen LogP contribution in [0.4, 0.5) is 0 Å². The van der Waals surface area contributed by atoms with Gasteiger partial charge in [-0.2, -0.15) is 0 Å².